The Morgan fingerprint density at radius 1 is 1.28 bits per heavy atom. The van der Waals surface area contributed by atoms with Gasteiger partial charge in [0.2, 0.25) is 5.91 Å². The molecule has 1 aliphatic rings. The van der Waals surface area contributed by atoms with Gasteiger partial charge in [0.15, 0.2) is 0 Å². The number of ether oxygens (including phenoxy) is 1. The quantitative estimate of drug-likeness (QED) is 0.664. The molecule has 1 aromatic carbocycles. The van der Waals surface area contributed by atoms with Crippen LogP contribution in [0.1, 0.15) is 24.4 Å². The molecule has 1 fully saturated rings. The minimum atomic E-state index is -0.0366. The predicted molar refractivity (Wildman–Crippen MR) is 110 cm³/mol. The third kappa shape index (κ3) is 4.93. The fourth-order valence-electron chi connectivity index (χ4n) is 3.75. The standard InChI is InChI=1S/C22H26N4O3/c1-28-16-21-9-8-20(29-21)15-25-11-3-5-17(14-25)22(27)24-18-6-2-7-19(13-18)26-12-4-10-23-26/h2,4,6-10,12-13,17H,3,5,11,14-16H2,1H3,(H,24,27). The minimum absolute atomic E-state index is 0.0366. The lowest BCUT2D eigenvalue weighted by Gasteiger charge is -2.31. The van der Waals surface area contributed by atoms with Crippen LogP contribution in [-0.4, -0.2) is 40.8 Å². The summed E-state index contributed by atoms with van der Waals surface area (Å²) in [6.07, 6.45) is 5.51. The predicted octanol–water partition coefficient (Wildman–Crippen LogP) is 3.46. The largest absolute Gasteiger partial charge is 0.462 e. The Bertz CT molecular complexity index is 935. The topological polar surface area (TPSA) is 72.5 Å². The lowest BCUT2D eigenvalue weighted by molar-refractivity contribution is -0.121. The maximum atomic E-state index is 12.9. The fraction of sp³-hybridized carbons (Fsp3) is 0.364. The van der Waals surface area contributed by atoms with E-state index in [9.17, 15) is 4.79 Å². The van der Waals surface area contributed by atoms with E-state index in [2.05, 4.69) is 15.3 Å². The maximum absolute atomic E-state index is 12.9. The van der Waals surface area contributed by atoms with Crippen LogP contribution >= 0.6 is 0 Å². The third-order valence-corrected chi connectivity index (χ3v) is 5.14. The molecule has 1 N–H and O–H groups in total. The third-order valence-electron chi connectivity index (χ3n) is 5.14. The number of nitrogens with zero attached hydrogens (tertiary/aromatic N) is 3. The Labute approximate surface area is 170 Å². The number of hydrogen-bond donors (Lipinski definition) is 1. The molecule has 152 valence electrons. The average Bonchev–Trinajstić information content (AvgIpc) is 3.41. The number of benzene rings is 1. The summed E-state index contributed by atoms with van der Waals surface area (Å²) in [5.74, 6) is 1.76. The Morgan fingerprint density at radius 2 is 2.17 bits per heavy atom. The maximum Gasteiger partial charge on any atom is 0.228 e. The molecule has 0 spiro atoms. The first kappa shape index (κ1) is 19.4. The van der Waals surface area contributed by atoms with Gasteiger partial charge in [0.05, 0.1) is 18.2 Å². The molecule has 1 atom stereocenters. The Morgan fingerprint density at radius 3 is 3.00 bits per heavy atom. The molecule has 7 nitrogen and oxygen atoms in total. The first-order chi connectivity index (χ1) is 14.2. The van der Waals surface area contributed by atoms with Gasteiger partial charge in [-0.15, -0.1) is 0 Å². The van der Waals surface area contributed by atoms with Gasteiger partial charge in [-0.3, -0.25) is 9.69 Å². The van der Waals surface area contributed by atoms with Gasteiger partial charge in [-0.2, -0.15) is 5.10 Å². The van der Waals surface area contributed by atoms with Crippen molar-refractivity contribution in [1.29, 1.82) is 0 Å². The molecular weight excluding hydrogens is 368 g/mol. The summed E-state index contributed by atoms with van der Waals surface area (Å²) in [7, 11) is 1.65. The van der Waals surface area contributed by atoms with Crippen molar-refractivity contribution in [2.45, 2.75) is 26.0 Å². The molecule has 2 aromatic heterocycles. The van der Waals surface area contributed by atoms with Crippen molar-refractivity contribution in [3.8, 4) is 5.69 Å². The van der Waals surface area contributed by atoms with Crippen molar-refractivity contribution in [1.82, 2.24) is 14.7 Å². The Balaban J connectivity index is 1.35. The summed E-state index contributed by atoms with van der Waals surface area (Å²) in [6, 6.07) is 13.5. The van der Waals surface area contributed by atoms with E-state index in [-0.39, 0.29) is 11.8 Å². The van der Waals surface area contributed by atoms with E-state index in [1.807, 2.05) is 48.7 Å². The van der Waals surface area contributed by atoms with Gasteiger partial charge < -0.3 is 14.5 Å². The Hall–Kier alpha value is -2.90. The Kier molecular flexibility index (Phi) is 6.07. The van der Waals surface area contributed by atoms with Crippen LogP contribution in [0.15, 0.2) is 59.3 Å². The van der Waals surface area contributed by atoms with E-state index in [0.29, 0.717) is 13.2 Å². The molecule has 1 unspecified atom stereocenters. The highest BCUT2D eigenvalue weighted by atomic mass is 16.5. The highest BCUT2D eigenvalue weighted by molar-refractivity contribution is 5.93. The molecule has 0 saturated carbocycles. The summed E-state index contributed by atoms with van der Waals surface area (Å²) in [6.45, 7) is 2.88. The lowest BCUT2D eigenvalue weighted by atomic mass is 9.97. The molecule has 1 amide bonds. The van der Waals surface area contributed by atoms with Crippen molar-refractivity contribution in [2.75, 3.05) is 25.5 Å². The molecule has 4 rings (SSSR count). The van der Waals surface area contributed by atoms with Crippen molar-refractivity contribution >= 4 is 11.6 Å². The second-order valence-electron chi connectivity index (χ2n) is 7.37. The molecule has 3 aromatic rings. The highest BCUT2D eigenvalue weighted by Crippen LogP contribution is 2.22. The summed E-state index contributed by atoms with van der Waals surface area (Å²) in [5, 5.41) is 7.31. The number of carbonyl (C=O) groups is 1. The van der Waals surface area contributed by atoms with E-state index in [0.717, 1.165) is 48.8 Å². The summed E-state index contributed by atoms with van der Waals surface area (Å²) in [4.78, 5) is 15.1. The second-order valence-corrected chi connectivity index (χ2v) is 7.37. The van der Waals surface area contributed by atoms with Gasteiger partial charge in [0, 0.05) is 31.7 Å². The van der Waals surface area contributed by atoms with E-state index in [1.54, 1.807) is 18.0 Å². The molecule has 0 bridgehead atoms. The van der Waals surface area contributed by atoms with Gasteiger partial charge in [0.25, 0.3) is 0 Å². The van der Waals surface area contributed by atoms with Crippen molar-refractivity contribution in [3.63, 3.8) is 0 Å². The van der Waals surface area contributed by atoms with Crippen LogP contribution in [0, 0.1) is 5.92 Å². The van der Waals surface area contributed by atoms with Gasteiger partial charge in [-0.05, 0) is 55.8 Å². The van der Waals surface area contributed by atoms with Crippen LogP contribution in [-0.2, 0) is 22.7 Å². The number of methoxy groups -OCH3 is 1. The number of anilines is 1. The number of piperidine rings is 1. The number of carbonyl (C=O) groups excluding carboxylic acids is 1. The monoisotopic (exact) mass is 394 g/mol. The number of amides is 1. The number of aromatic nitrogens is 2. The number of rotatable bonds is 7. The molecular formula is C22H26N4O3. The van der Waals surface area contributed by atoms with Gasteiger partial charge in [-0.1, -0.05) is 6.07 Å². The second kappa shape index (κ2) is 9.07. The molecule has 0 radical (unpaired) electrons. The number of furan rings is 1. The van der Waals surface area contributed by atoms with E-state index in [1.165, 1.54) is 0 Å². The smallest absolute Gasteiger partial charge is 0.228 e. The fourth-order valence-corrected chi connectivity index (χ4v) is 3.75. The first-order valence-electron chi connectivity index (χ1n) is 9.91. The van der Waals surface area contributed by atoms with Crippen LogP contribution in [0.4, 0.5) is 5.69 Å². The molecule has 1 aliphatic heterocycles. The summed E-state index contributed by atoms with van der Waals surface area (Å²) >= 11 is 0. The van der Waals surface area contributed by atoms with Gasteiger partial charge in [0.1, 0.15) is 18.1 Å². The molecule has 0 aliphatic carbocycles. The normalized spacial score (nSPS) is 17.3. The van der Waals surface area contributed by atoms with E-state index < -0.39 is 0 Å². The number of likely N-dealkylation sites (tertiary alicyclic amines) is 1. The molecule has 3 heterocycles. The minimum Gasteiger partial charge on any atom is -0.462 e. The number of nitrogens with one attached hydrogen (secondary N) is 1. The van der Waals surface area contributed by atoms with Crippen molar-refractivity contribution in [2.24, 2.45) is 5.92 Å². The van der Waals surface area contributed by atoms with Crippen LogP contribution in [0.5, 0.6) is 0 Å². The zero-order chi connectivity index (χ0) is 20.1. The van der Waals surface area contributed by atoms with Crippen molar-refractivity contribution < 1.29 is 13.9 Å². The average molecular weight is 394 g/mol. The van der Waals surface area contributed by atoms with Crippen LogP contribution in [0.25, 0.3) is 5.69 Å². The van der Waals surface area contributed by atoms with E-state index >= 15 is 0 Å². The SMILES string of the molecule is COCc1ccc(CN2CCCC(C(=O)Nc3cccc(-n4cccn4)c3)C2)o1. The zero-order valence-electron chi connectivity index (χ0n) is 16.6. The first-order valence-corrected chi connectivity index (χ1v) is 9.91. The zero-order valence-corrected chi connectivity index (χ0v) is 16.6. The molecule has 29 heavy (non-hydrogen) atoms. The van der Waals surface area contributed by atoms with Crippen molar-refractivity contribution in [3.05, 3.63) is 66.4 Å². The van der Waals surface area contributed by atoms with E-state index in [4.69, 9.17) is 9.15 Å². The van der Waals surface area contributed by atoms with Gasteiger partial charge >= 0.3 is 0 Å². The molecule has 7 heteroatoms. The molecule has 1 saturated heterocycles. The van der Waals surface area contributed by atoms with Gasteiger partial charge in [-0.25, -0.2) is 4.68 Å². The van der Waals surface area contributed by atoms with Crippen LogP contribution in [0.3, 0.4) is 0 Å². The highest BCUT2D eigenvalue weighted by Gasteiger charge is 2.26. The van der Waals surface area contributed by atoms with Crippen LogP contribution < -0.4 is 5.32 Å². The summed E-state index contributed by atoms with van der Waals surface area (Å²) < 4.78 is 12.7. The van der Waals surface area contributed by atoms with Crippen LogP contribution in [0.2, 0.25) is 0 Å². The summed E-state index contributed by atoms with van der Waals surface area (Å²) in [5.41, 5.74) is 1.71. The lowest BCUT2D eigenvalue weighted by Crippen LogP contribution is -2.40. The number of hydrogen-bond acceptors (Lipinski definition) is 5.